The minimum Gasteiger partial charge on any atom is -0.462 e. The number of hydrogen-bond acceptors (Lipinski definition) is 4. The SMILES string of the molecule is CCOC(=O)C1=C2c3ccccc3C(=O)N2[C@@H](C(C)CC)C1=O. The number of rotatable bonds is 4. The first-order valence-electron chi connectivity index (χ1n) is 7.91. The second-order valence-electron chi connectivity index (χ2n) is 5.86. The highest BCUT2D eigenvalue weighted by molar-refractivity contribution is 6.32. The standard InChI is InChI=1S/C18H19NO4/c1-4-10(3)14-16(20)13(18(22)23-5-2)15-11-8-6-7-9-12(11)17(21)19(14)15/h6-10,14H,4-5H2,1-3H3/t10?,14-/m0/s1. The Morgan fingerprint density at radius 3 is 2.48 bits per heavy atom. The number of ketones is 1. The Balaban J connectivity index is 2.21. The van der Waals surface area contributed by atoms with Crippen molar-refractivity contribution in [3.63, 3.8) is 0 Å². The number of ether oxygens (including phenoxy) is 1. The number of nitrogens with zero attached hydrogens (tertiary/aromatic N) is 1. The first kappa shape index (κ1) is 15.5. The summed E-state index contributed by atoms with van der Waals surface area (Å²) in [4.78, 5) is 39.4. The van der Waals surface area contributed by atoms with Crippen LogP contribution in [0.2, 0.25) is 0 Å². The first-order chi connectivity index (χ1) is 11.0. The molecule has 0 radical (unpaired) electrons. The highest BCUT2D eigenvalue weighted by atomic mass is 16.5. The number of esters is 1. The van der Waals surface area contributed by atoms with Crippen molar-refractivity contribution >= 4 is 23.4 Å². The summed E-state index contributed by atoms with van der Waals surface area (Å²) in [6, 6.07) is 6.45. The molecule has 2 aliphatic heterocycles. The second-order valence-corrected chi connectivity index (χ2v) is 5.86. The van der Waals surface area contributed by atoms with E-state index in [-0.39, 0.29) is 29.8 Å². The van der Waals surface area contributed by atoms with Gasteiger partial charge in [-0.25, -0.2) is 4.79 Å². The number of Topliss-reactive ketones (excluding diaryl/α,β-unsaturated/α-hetero) is 1. The number of carbonyl (C=O) groups is 3. The maximum absolute atomic E-state index is 12.8. The van der Waals surface area contributed by atoms with Crippen molar-refractivity contribution in [1.82, 2.24) is 4.90 Å². The highest BCUT2D eigenvalue weighted by Crippen LogP contribution is 2.44. The Morgan fingerprint density at radius 1 is 1.22 bits per heavy atom. The van der Waals surface area contributed by atoms with Gasteiger partial charge in [-0.1, -0.05) is 38.5 Å². The summed E-state index contributed by atoms with van der Waals surface area (Å²) in [5, 5.41) is 0. The minimum atomic E-state index is -0.646. The first-order valence-corrected chi connectivity index (χ1v) is 7.91. The van der Waals surface area contributed by atoms with Gasteiger partial charge < -0.3 is 4.74 Å². The normalized spacial score (nSPS) is 20.7. The van der Waals surface area contributed by atoms with Crippen LogP contribution in [-0.4, -0.2) is 35.2 Å². The molecule has 23 heavy (non-hydrogen) atoms. The Bertz CT molecular complexity index is 734. The summed E-state index contributed by atoms with van der Waals surface area (Å²) < 4.78 is 5.06. The van der Waals surface area contributed by atoms with Gasteiger partial charge >= 0.3 is 5.97 Å². The molecule has 2 atom stereocenters. The monoisotopic (exact) mass is 313 g/mol. The van der Waals surface area contributed by atoms with E-state index >= 15 is 0 Å². The van der Waals surface area contributed by atoms with E-state index in [1.165, 1.54) is 4.90 Å². The molecule has 2 aliphatic rings. The van der Waals surface area contributed by atoms with Crippen LogP contribution < -0.4 is 0 Å². The van der Waals surface area contributed by atoms with E-state index in [4.69, 9.17) is 4.74 Å². The number of fused-ring (bicyclic) bond motifs is 3. The molecule has 0 saturated carbocycles. The molecule has 0 bridgehead atoms. The van der Waals surface area contributed by atoms with E-state index in [0.717, 1.165) is 6.42 Å². The van der Waals surface area contributed by atoms with Crippen LogP contribution in [0.25, 0.3) is 5.70 Å². The third kappa shape index (κ3) is 2.11. The van der Waals surface area contributed by atoms with Gasteiger partial charge in [-0.2, -0.15) is 0 Å². The molecule has 0 fully saturated rings. The number of amides is 1. The van der Waals surface area contributed by atoms with Crippen molar-refractivity contribution in [1.29, 1.82) is 0 Å². The summed E-state index contributed by atoms with van der Waals surface area (Å²) >= 11 is 0. The average Bonchev–Trinajstić information content (AvgIpc) is 3.00. The van der Waals surface area contributed by atoms with Gasteiger partial charge in [-0.3, -0.25) is 14.5 Å². The van der Waals surface area contributed by atoms with Crippen LogP contribution in [0, 0.1) is 5.92 Å². The van der Waals surface area contributed by atoms with Gasteiger partial charge in [0.15, 0.2) is 5.78 Å². The van der Waals surface area contributed by atoms with E-state index in [9.17, 15) is 14.4 Å². The van der Waals surface area contributed by atoms with E-state index in [2.05, 4.69) is 0 Å². The summed E-state index contributed by atoms with van der Waals surface area (Å²) in [6.45, 7) is 5.77. The Labute approximate surface area is 134 Å². The zero-order chi connectivity index (χ0) is 16.7. The molecule has 0 N–H and O–H groups in total. The van der Waals surface area contributed by atoms with Crippen LogP contribution in [0.5, 0.6) is 0 Å². The molecule has 3 rings (SSSR count). The summed E-state index contributed by atoms with van der Waals surface area (Å²) in [7, 11) is 0. The molecule has 2 heterocycles. The van der Waals surface area contributed by atoms with Gasteiger partial charge in [0.1, 0.15) is 11.6 Å². The van der Waals surface area contributed by atoms with E-state index < -0.39 is 12.0 Å². The highest BCUT2D eigenvalue weighted by Gasteiger charge is 2.52. The fourth-order valence-corrected chi connectivity index (χ4v) is 3.28. The molecule has 0 spiro atoms. The molecular weight excluding hydrogens is 294 g/mol. The van der Waals surface area contributed by atoms with Gasteiger partial charge in [0.05, 0.1) is 12.3 Å². The van der Waals surface area contributed by atoms with E-state index in [1.807, 2.05) is 13.8 Å². The van der Waals surface area contributed by atoms with Crippen molar-refractivity contribution < 1.29 is 19.1 Å². The topological polar surface area (TPSA) is 63.7 Å². The quantitative estimate of drug-likeness (QED) is 0.632. The minimum absolute atomic E-state index is 0.00968. The number of carbonyl (C=O) groups excluding carboxylic acids is 3. The predicted molar refractivity (Wildman–Crippen MR) is 84.4 cm³/mol. The Kier molecular flexibility index (Phi) is 3.80. The summed E-state index contributed by atoms with van der Waals surface area (Å²) in [6.07, 6.45) is 0.736. The maximum Gasteiger partial charge on any atom is 0.344 e. The molecule has 1 aromatic carbocycles. The zero-order valence-corrected chi connectivity index (χ0v) is 13.5. The lowest BCUT2D eigenvalue weighted by Gasteiger charge is -2.26. The fraction of sp³-hybridized carbons (Fsp3) is 0.389. The molecule has 1 amide bonds. The Morgan fingerprint density at radius 2 is 1.87 bits per heavy atom. The smallest absolute Gasteiger partial charge is 0.344 e. The molecule has 1 unspecified atom stereocenters. The lowest BCUT2D eigenvalue weighted by molar-refractivity contribution is -0.140. The molecule has 0 aromatic heterocycles. The zero-order valence-electron chi connectivity index (χ0n) is 13.5. The lowest BCUT2D eigenvalue weighted by Crippen LogP contribution is -2.41. The van der Waals surface area contributed by atoms with Crippen LogP contribution in [0.3, 0.4) is 0 Å². The number of hydrogen-bond donors (Lipinski definition) is 0. The third-order valence-corrected chi connectivity index (χ3v) is 4.56. The molecule has 0 saturated heterocycles. The molecule has 1 aromatic rings. The van der Waals surface area contributed by atoms with E-state index in [0.29, 0.717) is 16.8 Å². The predicted octanol–water partition coefficient (Wildman–Crippen LogP) is 2.41. The summed E-state index contributed by atoms with van der Waals surface area (Å²) in [5.74, 6) is -1.21. The molecular formula is C18H19NO4. The molecule has 5 nitrogen and oxygen atoms in total. The third-order valence-electron chi connectivity index (χ3n) is 4.56. The fourth-order valence-electron chi connectivity index (χ4n) is 3.28. The Hall–Kier alpha value is -2.43. The van der Waals surface area contributed by atoms with Crippen LogP contribution in [0.15, 0.2) is 29.8 Å². The van der Waals surface area contributed by atoms with Crippen molar-refractivity contribution in [3.8, 4) is 0 Å². The summed E-state index contributed by atoms with van der Waals surface area (Å²) in [5.41, 5.74) is 1.60. The lowest BCUT2D eigenvalue weighted by atomic mass is 9.92. The van der Waals surface area contributed by atoms with Gasteiger partial charge in [-0.15, -0.1) is 0 Å². The van der Waals surface area contributed by atoms with Crippen molar-refractivity contribution in [2.24, 2.45) is 5.92 Å². The van der Waals surface area contributed by atoms with Crippen molar-refractivity contribution in [3.05, 3.63) is 41.0 Å². The number of benzene rings is 1. The van der Waals surface area contributed by atoms with E-state index in [1.54, 1.807) is 31.2 Å². The largest absolute Gasteiger partial charge is 0.462 e. The van der Waals surface area contributed by atoms with Gasteiger partial charge in [0, 0.05) is 11.1 Å². The molecule has 5 heteroatoms. The van der Waals surface area contributed by atoms with Crippen molar-refractivity contribution in [2.75, 3.05) is 6.61 Å². The molecule has 0 aliphatic carbocycles. The van der Waals surface area contributed by atoms with Gasteiger partial charge in [-0.05, 0) is 18.9 Å². The molecule has 120 valence electrons. The second kappa shape index (κ2) is 5.65. The van der Waals surface area contributed by atoms with Gasteiger partial charge in [0.25, 0.3) is 5.91 Å². The van der Waals surface area contributed by atoms with Crippen LogP contribution in [-0.2, 0) is 14.3 Å². The van der Waals surface area contributed by atoms with Crippen molar-refractivity contribution in [2.45, 2.75) is 33.2 Å². The van der Waals surface area contributed by atoms with Crippen LogP contribution in [0.4, 0.5) is 0 Å². The average molecular weight is 313 g/mol. The van der Waals surface area contributed by atoms with Crippen LogP contribution in [0.1, 0.15) is 43.1 Å². The van der Waals surface area contributed by atoms with Crippen LogP contribution >= 0.6 is 0 Å². The van der Waals surface area contributed by atoms with Gasteiger partial charge in [0.2, 0.25) is 0 Å². The maximum atomic E-state index is 12.8.